The summed E-state index contributed by atoms with van der Waals surface area (Å²) < 4.78 is 0. The van der Waals surface area contributed by atoms with Crippen molar-refractivity contribution in [2.24, 2.45) is 17.8 Å². The molecule has 1 heterocycles. The molecule has 1 aromatic carbocycles. The van der Waals surface area contributed by atoms with Gasteiger partial charge in [-0.15, -0.1) is 0 Å². The highest BCUT2D eigenvalue weighted by molar-refractivity contribution is 6.31. The summed E-state index contributed by atoms with van der Waals surface area (Å²) in [4.78, 5) is 12.0. The maximum Gasteiger partial charge on any atom is 0.256 e. The van der Waals surface area contributed by atoms with Gasteiger partial charge in [-0.1, -0.05) is 36.4 Å². The van der Waals surface area contributed by atoms with Gasteiger partial charge < -0.3 is 5.32 Å². The molecule has 1 aliphatic heterocycles. The number of nitrogens with one attached hydrogen (secondary N) is 1. The molecule has 0 unspecified atom stereocenters. The fraction of sp³-hybridized carbons (Fsp3) is 0.312. The van der Waals surface area contributed by atoms with Gasteiger partial charge in [0.25, 0.3) is 5.91 Å². The van der Waals surface area contributed by atoms with Gasteiger partial charge in [0.05, 0.1) is 0 Å². The molecule has 90 valence electrons. The zero-order valence-electron chi connectivity index (χ0n) is 10.1. The first-order valence-electron chi connectivity index (χ1n) is 6.62. The molecule has 3 aliphatic rings. The Hall–Kier alpha value is -1.83. The molecule has 0 aromatic heterocycles. The fourth-order valence-electron chi connectivity index (χ4n) is 3.53. The number of hydrogen-bond donors (Lipinski definition) is 1. The molecule has 0 spiro atoms. The van der Waals surface area contributed by atoms with Gasteiger partial charge in [-0.2, -0.15) is 0 Å². The van der Waals surface area contributed by atoms with E-state index in [1.54, 1.807) is 0 Å². The molecule has 0 saturated heterocycles. The molecule has 18 heavy (non-hydrogen) atoms. The van der Waals surface area contributed by atoms with Crippen LogP contribution in [0.1, 0.15) is 18.4 Å². The number of para-hydroxylation sites is 1. The molecule has 3 atom stereocenters. The van der Waals surface area contributed by atoms with Crippen LogP contribution in [-0.4, -0.2) is 5.91 Å². The number of carbonyl (C=O) groups excluding carboxylic acids is 1. The summed E-state index contributed by atoms with van der Waals surface area (Å²) in [5.41, 5.74) is 2.89. The third-order valence-electron chi connectivity index (χ3n) is 4.42. The van der Waals surface area contributed by atoms with E-state index in [9.17, 15) is 4.79 Å². The van der Waals surface area contributed by atoms with Crippen molar-refractivity contribution >= 4 is 17.2 Å². The predicted molar refractivity (Wildman–Crippen MR) is 71.9 cm³/mol. The number of amides is 1. The smallest absolute Gasteiger partial charge is 0.256 e. The van der Waals surface area contributed by atoms with Crippen molar-refractivity contribution < 1.29 is 4.79 Å². The number of carbonyl (C=O) groups is 1. The van der Waals surface area contributed by atoms with E-state index in [2.05, 4.69) is 23.5 Å². The minimum absolute atomic E-state index is 0.0583. The normalized spacial score (nSPS) is 34.1. The molecule has 4 rings (SSSR count). The second-order valence-corrected chi connectivity index (χ2v) is 5.52. The van der Waals surface area contributed by atoms with Crippen LogP contribution >= 0.6 is 0 Å². The van der Waals surface area contributed by atoms with Crippen molar-refractivity contribution in [3.63, 3.8) is 0 Å². The van der Waals surface area contributed by atoms with E-state index in [1.165, 1.54) is 12.8 Å². The monoisotopic (exact) mass is 237 g/mol. The number of hydrogen-bond acceptors (Lipinski definition) is 1. The van der Waals surface area contributed by atoms with Gasteiger partial charge in [0.15, 0.2) is 0 Å². The lowest BCUT2D eigenvalue weighted by Crippen LogP contribution is -2.08. The van der Waals surface area contributed by atoms with Crippen molar-refractivity contribution in [1.82, 2.24) is 0 Å². The SMILES string of the molecule is O=C1Nc2ccccc2/C1=C\[C@H]1C[C@@H]2C=C[C@H]1C2. The summed E-state index contributed by atoms with van der Waals surface area (Å²) in [7, 11) is 0. The van der Waals surface area contributed by atoms with Crippen molar-refractivity contribution in [2.45, 2.75) is 12.8 Å². The van der Waals surface area contributed by atoms with Gasteiger partial charge in [-0.05, 0) is 36.7 Å². The second-order valence-electron chi connectivity index (χ2n) is 5.52. The predicted octanol–water partition coefficient (Wildman–Crippen LogP) is 3.23. The minimum Gasteiger partial charge on any atom is -0.321 e. The van der Waals surface area contributed by atoms with Crippen molar-refractivity contribution in [2.75, 3.05) is 5.32 Å². The Morgan fingerprint density at radius 1 is 1.17 bits per heavy atom. The topological polar surface area (TPSA) is 29.1 Å². The average Bonchev–Trinajstić information content (AvgIpc) is 3.05. The van der Waals surface area contributed by atoms with E-state index >= 15 is 0 Å². The van der Waals surface area contributed by atoms with Crippen molar-refractivity contribution in [1.29, 1.82) is 0 Å². The summed E-state index contributed by atoms with van der Waals surface area (Å²) in [5, 5.41) is 2.94. The Morgan fingerprint density at radius 3 is 2.83 bits per heavy atom. The lowest BCUT2D eigenvalue weighted by atomic mass is 9.90. The first-order valence-corrected chi connectivity index (χ1v) is 6.62. The third kappa shape index (κ3) is 1.38. The molecule has 2 heteroatoms. The molecular weight excluding hydrogens is 222 g/mol. The third-order valence-corrected chi connectivity index (χ3v) is 4.42. The number of fused-ring (bicyclic) bond motifs is 3. The van der Waals surface area contributed by atoms with Gasteiger partial charge in [0.1, 0.15) is 0 Å². The Bertz CT molecular complexity index is 585. The Kier molecular flexibility index (Phi) is 2.01. The zero-order valence-corrected chi connectivity index (χ0v) is 10.1. The maximum atomic E-state index is 12.0. The van der Waals surface area contributed by atoms with Crippen molar-refractivity contribution in [3.05, 3.63) is 48.1 Å². The molecule has 2 bridgehead atoms. The molecule has 2 aliphatic carbocycles. The van der Waals surface area contributed by atoms with E-state index < -0.39 is 0 Å². The van der Waals surface area contributed by atoms with Crippen LogP contribution in [0.3, 0.4) is 0 Å². The van der Waals surface area contributed by atoms with Gasteiger partial charge >= 0.3 is 0 Å². The molecule has 1 saturated carbocycles. The fourth-order valence-corrected chi connectivity index (χ4v) is 3.53. The quantitative estimate of drug-likeness (QED) is 0.589. The molecule has 1 amide bonds. The van der Waals surface area contributed by atoms with Gasteiger partial charge in [0, 0.05) is 16.8 Å². The summed E-state index contributed by atoms with van der Waals surface area (Å²) in [6.45, 7) is 0. The van der Waals surface area contributed by atoms with E-state index in [4.69, 9.17) is 0 Å². The molecule has 2 nitrogen and oxygen atoms in total. The average molecular weight is 237 g/mol. The van der Waals surface area contributed by atoms with Crippen LogP contribution in [0.5, 0.6) is 0 Å². The van der Waals surface area contributed by atoms with Gasteiger partial charge in [-0.25, -0.2) is 0 Å². The van der Waals surface area contributed by atoms with Crippen LogP contribution in [-0.2, 0) is 4.79 Å². The second kappa shape index (κ2) is 3.58. The van der Waals surface area contributed by atoms with Crippen LogP contribution in [0.25, 0.3) is 5.57 Å². The molecule has 1 fully saturated rings. The molecule has 1 N–H and O–H groups in total. The number of rotatable bonds is 1. The first kappa shape index (κ1) is 10.1. The van der Waals surface area contributed by atoms with E-state index in [0.717, 1.165) is 22.7 Å². The van der Waals surface area contributed by atoms with E-state index in [-0.39, 0.29) is 5.91 Å². The number of benzene rings is 1. The van der Waals surface area contributed by atoms with Gasteiger partial charge in [-0.3, -0.25) is 4.79 Å². The highest BCUT2D eigenvalue weighted by Gasteiger charge is 2.36. The van der Waals surface area contributed by atoms with E-state index in [0.29, 0.717) is 11.8 Å². The lowest BCUT2D eigenvalue weighted by molar-refractivity contribution is -0.110. The highest BCUT2D eigenvalue weighted by Crippen LogP contribution is 2.45. The van der Waals surface area contributed by atoms with Crippen LogP contribution < -0.4 is 5.32 Å². The molecule has 0 radical (unpaired) electrons. The Balaban J connectivity index is 1.73. The van der Waals surface area contributed by atoms with Crippen LogP contribution in [0.15, 0.2) is 42.5 Å². The summed E-state index contributed by atoms with van der Waals surface area (Å²) >= 11 is 0. The summed E-state index contributed by atoms with van der Waals surface area (Å²) in [5.74, 6) is 2.01. The standard InChI is InChI=1S/C16H15NO/c18-16-14(13-3-1-2-4-15(13)17-16)9-12-8-10-5-6-11(12)7-10/h1-6,9-12H,7-8H2,(H,17,18)/b14-9+/t10-,11+,12-/m1/s1. The summed E-state index contributed by atoms with van der Waals surface area (Å²) in [6.07, 6.45) is 9.35. The first-order chi connectivity index (χ1) is 8.81. The van der Waals surface area contributed by atoms with Gasteiger partial charge in [0.2, 0.25) is 0 Å². The Morgan fingerprint density at radius 2 is 2.06 bits per heavy atom. The number of anilines is 1. The molecular formula is C16H15NO. The highest BCUT2D eigenvalue weighted by atomic mass is 16.2. The lowest BCUT2D eigenvalue weighted by Gasteiger charge is -2.14. The van der Waals surface area contributed by atoms with Crippen LogP contribution in [0.4, 0.5) is 5.69 Å². The zero-order chi connectivity index (χ0) is 12.1. The Labute approximate surface area is 106 Å². The van der Waals surface area contributed by atoms with E-state index in [1.807, 2.05) is 24.3 Å². The largest absolute Gasteiger partial charge is 0.321 e. The van der Waals surface area contributed by atoms with Crippen LogP contribution in [0, 0.1) is 17.8 Å². The maximum absolute atomic E-state index is 12.0. The number of allylic oxidation sites excluding steroid dienone is 3. The minimum atomic E-state index is 0.0583. The van der Waals surface area contributed by atoms with Crippen LogP contribution in [0.2, 0.25) is 0 Å². The van der Waals surface area contributed by atoms with Crippen molar-refractivity contribution in [3.8, 4) is 0 Å². The summed E-state index contributed by atoms with van der Waals surface area (Å²) in [6, 6.07) is 7.95. The molecule has 1 aromatic rings.